The number of hydrogen-bond donors (Lipinski definition) is 0. The van der Waals surface area contributed by atoms with E-state index in [0.29, 0.717) is 0 Å². The van der Waals surface area contributed by atoms with Crippen LogP contribution in [0.3, 0.4) is 0 Å². The molecule has 0 saturated carbocycles. The van der Waals surface area contributed by atoms with Crippen LogP contribution in [-0.4, -0.2) is 19.9 Å². The second-order valence-electron chi connectivity index (χ2n) is 7.01. The molecule has 0 aliphatic heterocycles. The Morgan fingerprint density at radius 2 is 0.625 bits per heavy atom. The topological polar surface area (TPSA) is 58.0 Å². The van der Waals surface area contributed by atoms with E-state index in [0.717, 1.165) is 34.1 Å². The van der Waals surface area contributed by atoms with E-state index in [9.17, 15) is 0 Å². The Morgan fingerprint density at radius 3 is 0.906 bits per heavy atom. The molecule has 6 heteroatoms. The molecule has 1 aromatic carbocycles. The lowest BCUT2D eigenvalue weighted by molar-refractivity contribution is 1.20. The van der Waals surface area contributed by atoms with E-state index in [-0.39, 0.29) is 0 Å². The Labute approximate surface area is 186 Å². The van der Waals surface area contributed by atoms with Gasteiger partial charge < -0.3 is 9.80 Å². The van der Waals surface area contributed by atoms with Crippen LogP contribution in [0, 0.1) is 0 Å². The molecule has 0 atom stereocenters. The first-order chi connectivity index (χ1) is 15.9. The molecule has 4 aromatic heterocycles. The van der Waals surface area contributed by atoms with Gasteiger partial charge in [-0.1, -0.05) is 6.07 Å². The van der Waals surface area contributed by atoms with Crippen LogP contribution in [0.4, 0.5) is 34.1 Å². The minimum atomic E-state index is 1.02. The van der Waals surface area contributed by atoms with Crippen molar-refractivity contribution >= 4 is 34.1 Å². The SMILES string of the molecule is c1cc(N(c2ccncc2)c2ccncc2)cc(N(c2ccncc2)c2ccncc2)c1. The summed E-state index contributed by atoms with van der Waals surface area (Å²) in [7, 11) is 0. The van der Waals surface area contributed by atoms with Gasteiger partial charge in [-0.05, 0) is 66.7 Å². The standard InChI is InChI=1S/C26H20N6/c1-2-25(31(21-4-12-27-13-5-21)22-6-14-28-15-7-22)20-26(3-1)32(23-8-16-29-17-9-23)24-10-18-30-19-11-24/h1-20H. The quantitative estimate of drug-likeness (QED) is 0.328. The Bertz CT molecular complexity index is 1090. The number of benzene rings is 1. The van der Waals surface area contributed by atoms with Gasteiger partial charge in [-0.25, -0.2) is 0 Å². The van der Waals surface area contributed by atoms with Crippen molar-refractivity contribution < 1.29 is 0 Å². The third-order valence-corrected chi connectivity index (χ3v) is 5.03. The lowest BCUT2D eigenvalue weighted by Crippen LogP contribution is -2.13. The number of pyridine rings is 4. The monoisotopic (exact) mass is 416 g/mol. The van der Waals surface area contributed by atoms with Gasteiger partial charge in [-0.3, -0.25) is 19.9 Å². The largest absolute Gasteiger partial charge is 0.310 e. The van der Waals surface area contributed by atoms with Gasteiger partial charge in [0.1, 0.15) is 0 Å². The summed E-state index contributed by atoms with van der Waals surface area (Å²) in [6.45, 7) is 0. The zero-order valence-corrected chi connectivity index (χ0v) is 17.2. The van der Waals surface area contributed by atoms with Gasteiger partial charge in [-0.15, -0.1) is 0 Å². The van der Waals surface area contributed by atoms with Crippen molar-refractivity contribution in [2.45, 2.75) is 0 Å². The number of rotatable bonds is 6. The zero-order valence-electron chi connectivity index (χ0n) is 17.2. The predicted molar refractivity (Wildman–Crippen MR) is 127 cm³/mol. The van der Waals surface area contributed by atoms with Gasteiger partial charge in [0.05, 0.1) is 0 Å². The fourth-order valence-corrected chi connectivity index (χ4v) is 3.64. The summed E-state index contributed by atoms with van der Waals surface area (Å²) in [6.07, 6.45) is 14.4. The maximum Gasteiger partial charge on any atom is 0.0492 e. The normalized spacial score (nSPS) is 10.5. The summed E-state index contributed by atoms with van der Waals surface area (Å²) in [5.41, 5.74) is 6.11. The van der Waals surface area contributed by atoms with Crippen molar-refractivity contribution in [2.75, 3.05) is 9.80 Å². The summed E-state index contributed by atoms with van der Waals surface area (Å²) in [5, 5.41) is 0. The second kappa shape index (κ2) is 9.06. The maximum atomic E-state index is 4.18. The summed E-state index contributed by atoms with van der Waals surface area (Å²) in [5.74, 6) is 0. The molecule has 6 nitrogen and oxygen atoms in total. The molecule has 32 heavy (non-hydrogen) atoms. The van der Waals surface area contributed by atoms with Crippen molar-refractivity contribution in [3.63, 3.8) is 0 Å². The van der Waals surface area contributed by atoms with Crippen LogP contribution in [0.1, 0.15) is 0 Å². The van der Waals surface area contributed by atoms with E-state index in [1.54, 1.807) is 49.6 Å². The molecule has 0 radical (unpaired) electrons. The highest BCUT2D eigenvalue weighted by Crippen LogP contribution is 2.39. The molecule has 0 spiro atoms. The van der Waals surface area contributed by atoms with Crippen molar-refractivity contribution in [1.82, 2.24) is 19.9 Å². The minimum Gasteiger partial charge on any atom is -0.310 e. The van der Waals surface area contributed by atoms with Crippen LogP contribution < -0.4 is 9.80 Å². The molecule has 0 fully saturated rings. The summed E-state index contributed by atoms with van der Waals surface area (Å²) >= 11 is 0. The molecule has 0 N–H and O–H groups in total. The number of aromatic nitrogens is 4. The first-order valence-electron chi connectivity index (χ1n) is 10.2. The highest BCUT2D eigenvalue weighted by atomic mass is 15.2. The van der Waals surface area contributed by atoms with Gasteiger partial charge in [-0.2, -0.15) is 0 Å². The lowest BCUT2D eigenvalue weighted by Gasteiger charge is -2.29. The van der Waals surface area contributed by atoms with E-state index in [2.05, 4.69) is 54.0 Å². The Kier molecular flexibility index (Phi) is 5.49. The van der Waals surface area contributed by atoms with Crippen LogP contribution in [-0.2, 0) is 0 Å². The molecule has 154 valence electrons. The molecular weight excluding hydrogens is 396 g/mol. The molecular formula is C26H20N6. The van der Waals surface area contributed by atoms with E-state index in [1.165, 1.54) is 0 Å². The van der Waals surface area contributed by atoms with Crippen LogP contribution >= 0.6 is 0 Å². The third-order valence-electron chi connectivity index (χ3n) is 5.03. The molecule has 5 rings (SSSR count). The Morgan fingerprint density at radius 1 is 0.344 bits per heavy atom. The average molecular weight is 416 g/mol. The first kappa shape index (κ1) is 19.4. The first-order valence-corrected chi connectivity index (χ1v) is 10.2. The third kappa shape index (κ3) is 4.02. The fourth-order valence-electron chi connectivity index (χ4n) is 3.64. The minimum absolute atomic E-state index is 1.02. The molecule has 0 saturated heterocycles. The van der Waals surface area contributed by atoms with Crippen molar-refractivity contribution in [3.8, 4) is 0 Å². The lowest BCUT2D eigenvalue weighted by atomic mass is 10.1. The van der Waals surface area contributed by atoms with E-state index in [1.807, 2.05) is 48.5 Å². The van der Waals surface area contributed by atoms with Gasteiger partial charge in [0.25, 0.3) is 0 Å². The average Bonchev–Trinajstić information content (AvgIpc) is 2.87. The van der Waals surface area contributed by atoms with E-state index in [4.69, 9.17) is 0 Å². The van der Waals surface area contributed by atoms with E-state index < -0.39 is 0 Å². The molecule has 0 aliphatic carbocycles. The van der Waals surface area contributed by atoms with Gasteiger partial charge >= 0.3 is 0 Å². The van der Waals surface area contributed by atoms with Gasteiger partial charge in [0.15, 0.2) is 0 Å². The molecule has 5 aromatic rings. The molecule has 0 unspecified atom stereocenters. The van der Waals surface area contributed by atoms with Crippen molar-refractivity contribution in [2.24, 2.45) is 0 Å². The van der Waals surface area contributed by atoms with Crippen molar-refractivity contribution in [1.29, 1.82) is 0 Å². The number of anilines is 6. The Balaban J connectivity index is 1.65. The number of hydrogen-bond acceptors (Lipinski definition) is 6. The van der Waals surface area contributed by atoms with E-state index >= 15 is 0 Å². The molecule has 4 heterocycles. The van der Waals surface area contributed by atoms with Crippen LogP contribution in [0.2, 0.25) is 0 Å². The summed E-state index contributed by atoms with van der Waals surface area (Å²) in [4.78, 5) is 21.1. The van der Waals surface area contributed by atoms with Crippen molar-refractivity contribution in [3.05, 3.63) is 122 Å². The van der Waals surface area contributed by atoms with Crippen LogP contribution in [0.15, 0.2) is 122 Å². The highest BCUT2D eigenvalue weighted by molar-refractivity contribution is 5.82. The Hall–Kier alpha value is -4.58. The summed E-state index contributed by atoms with van der Waals surface area (Å²) in [6, 6.07) is 24.4. The fraction of sp³-hybridized carbons (Fsp3) is 0. The smallest absolute Gasteiger partial charge is 0.0492 e. The maximum absolute atomic E-state index is 4.18. The van der Waals surface area contributed by atoms with Gasteiger partial charge in [0.2, 0.25) is 0 Å². The van der Waals surface area contributed by atoms with Crippen LogP contribution in [0.25, 0.3) is 0 Å². The summed E-state index contributed by atoms with van der Waals surface area (Å²) < 4.78 is 0. The predicted octanol–water partition coefficient (Wildman–Crippen LogP) is 6.21. The zero-order chi connectivity index (χ0) is 21.6. The molecule has 0 bridgehead atoms. The molecule has 0 aliphatic rings. The van der Waals surface area contributed by atoms with Crippen LogP contribution in [0.5, 0.6) is 0 Å². The number of nitrogens with zero attached hydrogens (tertiary/aromatic N) is 6. The second-order valence-corrected chi connectivity index (χ2v) is 7.01. The highest BCUT2D eigenvalue weighted by Gasteiger charge is 2.16. The molecule has 0 amide bonds. The van der Waals surface area contributed by atoms with Gasteiger partial charge in [0, 0.05) is 83.7 Å².